The Morgan fingerprint density at radius 2 is 1.88 bits per heavy atom. The lowest BCUT2D eigenvalue weighted by Gasteiger charge is -2.34. The summed E-state index contributed by atoms with van der Waals surface area (Å²) in [6, 6.07) is 0.0645. The second kappa shape index (κ2) is 6.47. The van der Waals surface area contributed by atoms with Crippen molar-refractivity contribution < 1.29 is 14.7 Å². The van der Waals surface area contributed by atoms with Gasteiger partial charge in [-0.1, -0.05) is 13.3 Å². The molecule has 3 N–H and O–H groups in total. The maximum Gasteiger partial charge on any atom is 0.407 e. The molecule has 17 heavy (non-hydrogen) atoms. The number of rotatable bonds is 5. The highest BCUT2D eigenvalue weighted by molar-refractivity contribution is 5.76. The Labute approximate surface area is 102 Å². The van der Waals surface area contributed by atoms with Crippen LogP contribution in [0.3, 0.4) is 0 Å². The third-order valence-corrected chi connectivity index (χ3v) is 3.54. The molecule has 0 aromatic rings. The Hall–Kier alpha value is -1.26. The number of nitrogens with zero attached hydrogens (tertiary/aromatic N) is 1. The van der Waals surface area contributed by atoms with Gasteiger partial charge in [-0.3, -0.25) is 4.79 Å². The first kappa shape index (κ1) is 13.8. The van der Waals surface area contributed by atoms with E-state index in [1.807, 2.05) is 6.92 Å². The van der Waals surface area contributed by atoms with Crippen molar-refractivity contribution in [3.8, 4) is 0 Å². The van der Waals surface area contributed by atoms with Gasteiger partial charge in [-0.25, -0.2) is 4.79 Å². The summed E-state index contributed by atoms with van der Waals surface area (Å²) in [6.07, 6.45) is 3.97. The van der Waals surface area contributed by atoms with Gasteiger partial charge in [0, 0.05) is 18.5 Å². The zero-order valence-corrected chi connectivity index (χ0v) is 10.4. The van der Waals surface area contributed by atoms with E-state index in [0.29, 0.717) is 6.54 Å². The van der Waals surface area contributed by atoms with Crippen molar-refractivity contribution >= 4 is 12.0 Å². The first-order valence-electron chi connectivity index (χ1n) is 6.35. The van der Waals surface area contributed by atoms with E-state index in [1.165, 1.54) is 4.90 Å². The standard InChI is InChI=1S/C12H22N2O3/c1-2-3-8-14(12(16)17)10-6-4-9(5-7-10)11(13)15/h9-10H,2-8H2,1H3,(H2,13,15)(H,16,17). The number of hydrogen-bond donors (Lipinski definition) is 2. The largest absolute Gasteiger partial charge is 0.465 e. The van der Waals surface area contributed by atoms with E-state index >= 15 is 0 Å². The summed E-state index contributed by atoms with van der Waals surface area (Å²) in [6.45, 7) is 2.64. The summed E-state index contributed by atoms with van der Waals surface area (Å²) >= 11 is 0. The Kier molecular flexibility index (Phi) is 5.25. The smallest absolute Gasteiger partial charge is 0.407 e. The minimum absolute atomic E-state index is 0.0620. The predicted octanol–water partition coefficient (Wildman–Crippen LogP) is 1.81. The second-order valence-electron chi connectivity index (χ2n) is 4.74. The second-order valence-corrected chi connectivity index (χ2v) is 4.74. The molecule has 1 aliphatic rings. The topological polar surface area (TPSA) is 83.6 Å². The molecule has 0 heterocycles. The highest BCUT2D eigenvalue weighted by Crippen LogP contribution is 2.27. The molecule has 0 aliphatic heterocycles. The molecular weight excluding hydrogens is 220 g/mol. The average Bonchev–Trinajstić information content (AvgIpc) is 2.29. The van der Waals surface area contributed by atoms with E-state index in [2.05, 4.69) is 0 Å². The SMILES string of the molecule is CCCCN(C(=O)O)C1CCC(C(N)=O)CC1. The van der Waals surface area contributed by atoms with Crippen LogP contribution in [0.1, 0.15) is 45.4 Å². The molecule has 0 radical (unpaired) electrons. The fourth-order valence-electron chi connectivity index (χ4n) is 2.43. The summed E-state index contributed by atoms with van der Waals surface area (Å²) in [7, 11) is 0. The number of carbonyl (C=O) groups excluding carboxylic acids is 1. The number of hydrogen-bond acceptors (Lipinski definition) is 2. The summed E-state index contributed by atoms with van der Waals surface area (Å²) in [5, 5.41) is 9.16. The molecule has 0 unspecified atom stereocenters. The molecule has 0 spiro atoms. The first-order valence-corrected chi connectivity index (χ1v) is 6.35. The lowest BCUT2D eigenvalue weighted by Crippen LogP contribution is -2.43. The van der Waals surface area contributed by atoms with Gasteiger partial charge >= 0.3 is 6.09 Å². The fourth-order valence-corrected chi connectivity index (χ4v) is 2.43. The van der Waals surface area contributed by atoms with Gasteiger partial charge in [0.15, 0.2) is 0 Å². The number of carboxylic acid groups (broad SMARTS) is 1. The van der Waals surface area contributed by atoms with Crippen LogP contribution in [-0.2, 0) is 4.79 Å². The quantitative estimate of drug-likeness (QED) is 0.771. The van der Waals surface area contributed by atoms with Crippen LogP contribution in [0.25, 0.3) is 0 Å². The molecule has 0 atom stereocenters. The van der Waals surface area contributed by atoms with Crippen LogP contribution in [0.4, 0.5) is 4.79 Å². The van der Waals surface area contributed by atoms with Crippen molar-refractivity contribution in [2.75, 3.05) is 6.54 Å². The molecule has 1 aliphatic carbocycles. The number of primary amides is 1. The number of amides is 2. The summed E-state index contributed by atoms with van der Waals surface area (Å²) < 4.78 is 0. The van der Waals surface area contributed by atoms with Gasteiger partial charge in [-0.15, -0.1) is 0 Å². The predicted molar refractivity (Wildman–Crippen MR) is 64.6 cm³/mol. The third kappa shape index (κ3) is 3.91. The lowest BCUT2D eigenvalue weighted by molar-refractivity contribution is -0.123. The van der Waals surface area contributed by atoms with Gasteiger partial charge in [0.25, 0.3) is 0 Å². The van der Waals surface area contributed by atoms with Crippen molar-refractivity contribution in [1.82, 2.24) is 4.90 Å². The van der Waals surface area contributed by atoms with Gasteiger partial charge in [0.05, 0.1) is 0 Å². The fraction of sp³-hybridized carbons (Fsp3) is 0.833. The van der Waals surface area contributed by atoms with Crippen molar-refractivity contribution in [2.45, 2.75) is 51.5 Å². The summed E-state index contributed by atoms with van der Waals surface area (Å²) in [5.74, 6) is -0.313. The van der Waals surface area contributed by atoms with Crippen LogP contribution in [0.5, 0.6) is 0 Å². The molecule has 1 saturated carbocycles. The third-order valence-electron chi connectivity index (χ3n) is 3.54. The maximum absolute atomic E-state index is 11.2. The molecule has 2 amide bonds. The van der Waals surface area contributed by atoms with E-state index in [4.69, 9.17) is 10.8 Å². The van der Waals surface area contributed by atoms with Gasteiger partial charge in [-0.05, 0) is 32.1 Å². The van der Waals surface area contributed by atoms with Crippen molar-refractivity contribution in [2.24, 2.45) is 11.7 Å². The minimum Gasteiger partial charge on any atom is -0.465 e. The number of nitrogens with two attached hydrogens (primary N) is 1. The van der Waals surface area contributed by atoms with Crippen LogP contribution >= 0.6 is 0 Å². The van der Waals surface area contributed by atoms with Crippen molar-refractivity contribution in [1.29, 1.82) is 0 Å². The Morgan fingerprint density at radius 3 is 2.29 bits per heavy atom. The lowest BCUT2D eigenvalue weighted by atomic mass is 9.85. The molecule has 1 rings (SSSR count). The molecule has 1 fully saturated rings. The van der Waals surface area contributed by atoms with Gasteiger partial charge in [-0.2, -0.15) is 0 Å². The van der Waals surface area contributed by atoms with Gasteiger partial charge < -0.3 is 15.7 Å². The van der Waals surface area contributed by atoms with Crippen LogP contribution in [-0.4, -0.2) is 34.6 Å². The number of carbonyl (C=O) groups is 2. The van der Waals surface area contributed by atoms with Crippen molar-refractivity contribution in [3.05, 3.63) is 0 Å². The monoisotopic (exact) mass is 242 g/mol. The normalized spacial score (nSPS) is 24.3. The molecule has 5 heteroatoms. The average molecular weight is 242 g/mol. The van der Waals surface area contributed by atoms with E-state index in [1.54, 1.807) is 0 Å². The zero-order valence-electron chi connectivity index (χ0n) is 10.4. The summed E-state index contributed by atoms with van der Waals surface area (Å²) in [5.41, 5.74) is 5.26. The Balaban J connectivity index is 2.48. The molecular formula is C12H22N2O3. The van der Waals surface area contributed by atoms with E-state index in [9.17, 15) is 9.59 Å². The van der Waals surface area contributed by atoms with E-state index in [-0.39, 0.29) is 17.9 Å². The Morgan fingerprint density at radius 1 is 1.29 bits per heavy atom. The molecule has 0 aromatic carbocycles. The number of unbranched alkanes of at least 4 members (excludes halogenated alkanes) is 1. The Bertz CT molecular complexity index is 273. The highest BCUT2D eigenvalue weighted by atomic mass is 16.4. The van der Waals surface area contributed by atoms with Gasteiger partial charge in [0.1, 0.15) is 0 Å². The van der Waals surface area contributed by atoms with Crippen molar-refractivity contribution in [3.63, 3.8) is 0 Å². The zero-order chi connectivity index (χ0) is 12.8. The molecule has 0 saturated heterocycles. The maximum atomic E-state index is 11.2. The van der Waals surface area contributed by atoms with Crippen LogP contribution < -0.4 is 5.73 Å². The first-order chi connectivity index (χ1) is 8.06. The molecule has 0 bridgehead atoms. The minimum atomic E-state index is -0.846. The highest BCUT2D eigenvalue weighted by Gasteiger charge is 2.30. The van der Waals surface area contributed by atoms with Crippen LogP contribution in [0, 0.1) is 5.92 Å². The van der Waals surface area contributed by atoms with E-state index in [0.717, 1.165) is 38.5 Å². The van der Waals surface area contributed by atoms with Gasteiger partial charge in [0.2, 0.25) is 5.91 Å². The van der Waals surface area contributed by atoms with E-state index < -0.39 is 6.09 Å². The van der Waals surface area contributed by atoms with Crippen LogP contribution in [0.2, 0.25) is 0 Å². The molecule has 0 aromatic heterocycles. The molecule has 98 valence electrons. The molecule has 5 nitrogen and oxygen atoms in total. The van der Waals surface area contributed by atoms with Crippen LogP contribution in [0.15, 0.2) is 0 Å². The summed E-state index contributed by atoms with van der Waals surface area (Å²) in [4.78, 5) is 23.7.